The molecule has 0 saturated carbocycles. The fourth-order valence-electron chi connectivity index (χ4n) is 0.372. The first-order valence-corrected chi connectivity index (χ1v) is 5.01. The van der Waals surface area contributed by atoms with Crippen molar-refractivity contribution in [1.29, 1.82) is 0 Å². The van der Waals surface area contributed by atoms with E-state index in [9.17, 15) is 8.42 Å². The van der Waals surface area contributed by atoms with Crippen molar-refractivity contribution in [2.45, 2.75) is 23.4 Å². The Labute approximate surface area is 70.1 Å². The van der Waals surface area contributed by atoms with Gasteiger partial charge in [0.15, 0.2) is 4.71 Å². The second-order valence-electron chi connectivity index (χ2n) is 1.79. The van der Waals surface area contributed by atoms with Crippen LogP contribution in [0.2, 0.25) is 0 Å². The molecule has 62 valence electrons. The first-order valence-electron chi connectivity index (χ1n) is 2.64. The van der Waals surface area contributed by atoms with E-state index in [1.54, 1.807) is 6.92 Å². The van der Waals surface area contributed by atoms with Gasteiger partial charge in [-0.3, -0.25) is 4.55 Å². The molecule has 0 saturated heterocycles. The Balaban J connectivity index is 4.23. The van der Waals surface area contributed by atoms with Crippen LogP contribution >= 0.6 is 23.2 Å². The average molecular weight is 207 g/mol. The Bertz CT molecular complexity index is 189. The average Bonchev–Trinajstić information content (AvgIpc) is 1.83. The first kappa shape index (κ1) is 10.5. The molecule has 2 atom stereocenters. The summed E-state index contributed by atoms with van der Waals surface area (Å²) in [6, 6.07) is 0. The van der Waals surface area contributed by atoms with Gasteiger partial charge >= 0.3 is 0 Å². The predicted molar refractivity (Wildman–Crippen MR) is 41.1 cm³/mol. The quantitative estimate of drug-likeness (QED) is 0.562. The molecule has 0 aromatic heterocycles. The van der Waals surface area contributed by atoms with Crippen LogP contribution in [0, 0.1) is 0 Å². The van der Waals surface area contributed by atoms with Gasteiger partial charge < -0.3 is 0 Å². The van der Waals surface area contributed by atoms with E-state index in [0.717, 1.165) is 0 Å². The fraction of sp³-hybridized carbons (Fsp3) is 1.00. The van der Waals surface area contributed by atoms with E-state index in [-0.39, 0.29) is 0 Å². The lowest BCUT2D eigenvalue weighted by Crippen LogP contribution is -2.23. The largest absolute Gasteiger partial charge is 0.284 e. The van der Waals surface area contributed by atoms with Crippen LogP contribution in [0.4, 0.5) is 0 Å². The summed E-state index contributed by atoms with van der Waals surface area (Å²) in [4.78, 5) is 0. The van der Waals surface area contributed by atoms with Crippen LogP contribution in [0.1, 0.15) is 13.3 Å². The van der Waals surface area contributed by atoms with Gasteiger partial charge in [-0.05, 0) is 6.42 Å². The van der Waals surface area contributed by atoms with E-state index in [2.05, 4.69) is 0 Å². The molecule has 0 spiro atoms. The van der Waals surface area contributed by atoms with Crippen LogP contribution < -0.4 is 0 Å². The molecule has 0 bridgehead atoms. The Kier molecular flexibility index (Phi) is 3.94. The molecule has 0 aliphatic heterocycles. The molecule has 0 aromatic rings. The fourth-order valence-corrected chi connectivity index (χ4v) is 1.51. The summed E-state index contributed by atoms with van der Waals surface area (Å²) in [5.74, 6) is 0. The van der Waals surface area contributed by atoms with Crippen molar-refractivity contribution in [3.8, 4) is 0 Å². The zero-order valence-electron chi connectivity index (χ0n) is 5.29. The van der Waals surface area contributed by atoms with Crippen molar-refractivity contribution in [1.82, 2.24) is 0 Å². The standard InChI is InChI=1S/C4H8Cl2O3S/c1-2-3(5)4(6)10(7,8)9/h3-4H,2H2,1H3,(H,7,8,9). The molecular weight excluding hydrogens is 199 g/mol. The summed E-state index contributed by atoms with van der Waals surface area (Å²) in [7, 11) is -4.18. The maximum atomic E-state index is 10.3. The SMILES string of the molecule is CCC(Cl)C(Cl)S(=O)(=O)O. The Morgan fingerprint density at radius 3 is 2.00 bits per heavy atom. The van der Waals surface area contributed by atoms with Crippen LogP contribution in [-0.2, 0) is 10.1 Å². The van der Waals surface area contributed by atoms with Crippen molar-refractivity contribution < 1.29 is 13.0 Å². The molecule has 2 unspecified atom stereocenters. The lowest BCUT2D eigenvalue weighted by atomic mass is 10.4. The van der Waals surface area contributed by atoms with Crippen molar-refractivity contribution in [2.75, 3.05) is 0 Å². The van der Waals surface area contributed by atoms with Crippen molar-refractivity contribution >= 4 is 33.3 Å². The number of hydrogen-bond donors (Lipinski definition) is 1. The van der Waals surface area contributed by atoms with Gasteiger partial charge in [0.25, 0.3) is 10.1 Å². The minimum Gasteiger partial charge on any atom is -0.284 e. The Hall–Kier alpha value is 0.490. The van der Waals surface area contributed by atoms with Crippen LogP contribution in [0.15, 0.2) is 0 Å². The third-order valence-corrected chi connectivity index (χ3v) is 3.68. The molecule has 0 amide bonds. The summed E-state index contributed by atoms with van der Waals surface area (Å²) in [5.41, 5.74) is 0. The topological polar surface area (TPSA) is 54.4 Å². The summed E-state index contributed by atoms with van der Waals surface area (Å²) in [5, 5.41) is -0.739. The molecule has 10 heavy (non-hydrogen) atoms. The maximum Gasteiger partial charge on any atom is 0.283 e. The molecule has 0 aliphatic rings. The van der Waals surface area contributed by atoms with Gasteiger partial charge in [0.2, 0.25) is 0 Å². The van der Waals surface area contributed by atoms with E-state index in [4.69, 9.17) is 27.8 Å². The van der Waals surface area contributed by atoms with E-state index in [0.29, 0.717) is 6.42 Å². The maximum absolute atomic E-state index is 10.3. The van der Waals surface area contributed by atoms with Crippen LogP contribution in [0.25, 0.3) is 0 Å². The lowest BCUT2D eigenvalue weighted by molar-refractivity contribution is 0.476. The monoisotopic (exact) mass is 206 g/mol. The van der Waals surface area contributed by atoms with Gasteiger partial charge in [0, 0.05) is 0 Å². The van der Waals surface area contributed by atoms with Crippen LogP contribution in [-0.4, -0.2) is 23.1 Å². The first-order chi connectivity index (χ1) is 4.39. The van der Waals surface area contributed by atoms with Crippen LogP contribution in [0.3, 0.4) is 0 Å². The molecule has 0 rings (SSSR count). The molecule has 0 heterocycles. The number of hydrogen-bond acceptors (Lipinski definition) is 2. The molecule has 0 aliphatic carbocycles. The van der Waals surface area contributed by atoms with E-state index in [1.165, 1.54) is 0 Å². The second-order valence-corrected chi connectivity index (χ2v) is 4.62. The van der Waals surface area contributed by atoms with E-state index in [1.807, 2.05) is 0 Å². The summed E-state index contributed by atoms with van der Waals surface area (Å²) in [6.45, 7) is 1.68. The molecule has 0 fully saturated rings. The number of rotatable bonds is 3. The highest BCUT2D eigenvalue weighted by Crippen LogP contribution is 2.17. The minimum atomic E-state index is -4.18. The van der Waals surface area contributed by atoms with Gasteiger partial charge in [0.05, 0.1) is 5.38 Å². The van der Waals surface area contributed by atoms with E-state index < -0.39 is 20.2 Å². The van der Waals surface area contributed by atoms with Gasteiger partial charge in [-0.25, -0.2) is 0 Å². The highest BCUT2D eigenvalue weighted by Gasteiger charge is 2.26. The molecule has 1 N–H and O–H groups in total. The molecule has 3 nitrogen and oxygen atoms in total. The van der Waals surface area contributed by atoms with Gasteiger partial charge in [0.1, 0.15) is 0 Å². The second kappa shape index (κ2) is 3.76. The number of alkyl halides is 2. The highest BCUT2D eigenvalue weighted by atomic mass is 35.5. The molecule has 0 radical (unpaired) electrons. The van der Waals surface area contributed by atoms with E-state index >= 15 is 0 Å². The van der Waals surface area contributed by atoms with Gasteiger partial charge in [-0.2, -0.15) is 8.42 Å². The summed E-state index contributed by atoms with van der Waals surface area (Å²) in [6.07, 6.45) is 0.398. The van der Waals surface area contributed by atoms with Crippen molar-refractivity contribution in [3.63, 3.8) is 0 Å². The Morgan fingerprint density at radius 1 is 1.50 bits per heavy atom. The van der Waals surface area contributed by atoms with Gasteiger partial charge in [-0.1, -0.05) is 6.92 Å². The Morgan fingerprint density at radius 2 is 1.90 bits per heavy atom. The third kappa shape index (κ3) is 3.05. The minimum absolute atomic E-state index is 0.398. The molecule has 6 heteroatoms. The lowest BCUT2D eigenvalue weighted by Gasteiger charge is -2.09. The summed E-state index contributed by atoms with van der Waals surface area (Å²) >= 11 is 10.7. The predicted octanol–water partition coefficient (Wildman–Crippen LogP) is 1.46. The zero-order chi connectivity index (χ0) is 8.36. The smallest absolute Gasteiger partial charge is 0.283 e. The van der Waals surface area contributed by atoms with Gasteiger partial charge in [-0.15, -0.1) is 23.2 Å². The zero-order valence-corrected chi connectivity index (χ0v) is 7.62. The number of halogens is 2. The van der Waals surface area contributed by atoms with Crippen molar-refractivity contribution in [2.24, 2.45) is 0 Å². The third-order valence-electron chi connectivity index (χ3n) is 0.959. The molecular formula is C4H8Cl2O3S. The summed E-state index contributed by atoms with van der Waals surface area (Å²) < 4.78 is 27.5. The van der Waals surface area contributed by atoms with Crippen molar-refractivity contribution in [3.05, 3.63) is 0 Å². The highest BCUT2D eigenvalue weighted by molar-refractivity contribution is 7.87. The van der Waals surface area contributed by atoms with Crippen LogP contribution in [0.5, 0.6) is 0 Å². The molecule has 0 aromatic carbocycles. The normalized spacial score (nSPS) is 18.4.